The Bertz CT molecular complexity index is 734. The van der Waals surface area contributed by atoms with Crippen molar-refractivity contribution in [3.05, 3.63) is 40.3 Å². The zero-order chi connectivity index (χ0) is 14.9. The topological polar surface area (TPSA) is 104 Å². The third-order valence-electron chi connectivity index (χ3n) is 3.57. The molecule has 0 bridgehead atoms. The number of fused-ring (bicyclic) bond motifs is 1. The number of carbonyl (C=O) groups is 1. The summed E-state index contributed by atoms with van der Waals surface area (Å²) >= 11 is 0. The molecule has 1 aliphatic heterocycles. The van der Waals surface area contributed by atoms with Gasteiger partial charge < -0.3 is 15.2 Å². The van der Waals surface area contributed by atoms with Crippen molar-refractivity contribution in [3.63, 3.8) is 0 Å². The van der Waals surface area contributed by atoms with Gasteiger partial charge in [-0.2, -0.15) is 5.10 Å². The van der Waals surface area contributed by atoms with E-state index in [4.69, 9.17) is 4.74 Å². The van der Waals surface area contributed by atoms with E-state index in [2.05, 4.69) is 15.5 Å². The van der Waals surface area contributed by atoms with Gasteiger partial charge in [-0.25, -0.2) is 5.10 Å². The van der Waals surface area contributed by atoms with E-state index in [9.17, 15) is 14.7 Å². The van der Waals surface area contributed by atoms with Crippen molar-refractivity contribution in [2.75, 3.05) is 19.8 Å². The van der Waals surface area contributed by atoms with Crippen molar-refractivity contribution in [2.45, 2.75) is 12.0 Å². The molecule has 21 heavy (non-hydrogen) atoms. The first-order valence-electron chi connectivity index (χ1n) is 6.65. The van der Waals surface area contributed by atoms with Gasteiger partial charge in [0.2, 0.25) is 0 Å². The van der Waals surface area contributed by atoms with Gasteiger partial charge in [0.05, 0.1) is 12.0 Å². The van der Waals surface area contributed by atoms with E-state index in [-0.39, 0.29) is 24.4 Å². The molecule has 1 aromatic heterocycles. The number of hydrogen-bond acceptors (Lipinski definition) is 5. The van der Waals surface area contributed by atoms with E-state index in [1.165, 1.54) is 0 Å². The number of benzene rings is 1. The van der Waals surface area contributed by atoms with E-state index < -0.39 is 11.5 Å². The van der Waals surface area contributed by atoms with Crippen molar-refractivity contribution >= 4 is 16.7 Å². The van der Waals surface area contributed by atoms with E-state index in [0.717, 1.165) is 0 Å². The molecule has 2 heterocycles. The number of H-pyrrole nitrogens is 1. The first-order chi connectivity index (χ1) is 10.1. The van der Waals surface area contributed by atoms with Crippen LogP contribution in [0.5, 0.6) is 0 Å². The molecule has 1 saturated heterocycles. The minimum absolute atomic E-state index is 0.0843. The molecule has 1 amide bonds. The molecule has 2 aromatic rings. The standard InChI is InChI=1S/C14H15N3O4/c18-12-10-4-2-1-3-9(10)11(16-17-12)13(19)15-7-14(20)5-6-21-8-14/h1-4,20H,5-8H2,(H,15,19)(H,17,18). The van der Waals surface area contributed by atoms with Gasteiger partial charge in [-0.15, -0.1) is 0 Å². The summed E-state index contributed by atoms with van der Waals surface area (Å²) in [6.45, 7) is 0.764. The van der Waals surface area contributed by atoms with Crippen LogP contribution in [0.15, 0.2) is 29.1 Å². The summed E-state index contributed by atoms with van der Waals surface area (Å²) in [6.07, 6.45) is 0.479. The highest BCUT2D eigenvalue weighted by Gasteiger charge is 2.32. The van der Waals surface area contributed by atoms with Crippen LogP contribution < -0.4 is 10.9 Å². The highest BCUT2D eigenvalue weighted by atomic mass is 16.5. The molecule has 1 unspecified atom stereocenters. The zero-order valence-corrected chi connectivity index (χ0v) is 11.3. The lowest BCUT2D eigenvalue weighted by Crippen LogP contribution is -2.43. The lowest BCUT2D eigenvalue weighted by atomic mass is 10.0. The molecule has 1 aliphatic rings. The number of carbonyl (C=O) groups excluding carboxylic acids is 1. The van der Waals surface area contributed by atoms with Gasteiger partial charge in [0.15, 0.2) is 5.69 Å². The van der Waals surface area contributed by atoms with Crippen LogP contribution in [0.1, 0.15) is 16.9 Å². The fourth-order valence-electron chi connectivity index (χ4n) is 2.35. The Hall–Kier alpha value is -2.25. The highest BCUT2D eigenvalue weighted by molar-refractivity contribution is 6.04. The maximum Gasteiger partial charge on any atom is 0.272 e. The van der Waals surface area contributed by atoms with E-state index >= 15 is 0 Å². The second-order valence-electron chi connectivity index (χ2n) is 5.16. The molecule has 7 nitrogen and oxygen atoms in total. The summed E-state index contributed by atoms with van der Waals surface area (Å²) < 4.78 is 5.12. The van der Waals surface area contributed by atoms with Gasteiger partial charge in [0, 0.05) is 25.0 Å². The second kappa shape index (κ2) is 5.27. The molecule has 110 valence electrons. The normalized spacial score (nSPS) is 21.6. The minimum atomic E-state index is -1.03. The average Bonchev–Trinajstić information content (AvgIpc) is 2.93. The maximum atomic E-state index is 12.2. The number of rotatable bonds is 3. The Morgan fingerprint density at radius 2 is 2.19 bits per heavy atom. The Balaban J connectivity index is 1.85. The molecule has 3 N–H and O–H groups in total. The summed E-state index contributed by atoms with van der Waals surface area (Å²) in [6, 6.07) is 6.75. The molecular formula is C14H15N3O4. The third-order valence-corrected chi connectivity index (χ3v) is 3.57. The van der Waals surface area contributed by atoms with E-state index in [1.807, 2.05) is 0 Å². The van der Waals surface area contributed by atoms with Crippen LogP contribution in [0.4, 0.5) is 0 Å². The van der Waals surface area contributed by atoms with Gasteiger partial charge in [0.1, 0.15) is 5.60 Å². The van der Waals surface area contributed by atoms with Crippen molar-refractivity contribution in [3.8, 4) is 0 Å². The van der Waals surface area contributed by atoms with E-state index in [1.54, 1.807) is 24.3 Å². The van der Waals surface area contributed by atoms with Gasteiger partial charge in [-0.3, -0.25) is 9.59 Å². The third kappa shape index (κ3) is 2.65. The van der Waals surface area contributed by atoms with Gasteiger partial charge in [-0.1, -0.05) is 18.2 Å². The predicted molar refractivity (Wildman–Crippen MR) is 75.1 cm³/mol. The molecule has 7 heteroatoms. The predicted octanol–water partition coefficient (Wildman–Crippen LogP) is -0.196. The molecule has 1 fully saturated rings. The van der Waals surface area contributed by atoms with Crippen LogP contribution in [0.3, 0.4) is 0 Å². The maximum absolute atomic E-state index is 12.2. The molecule has 0 saturated carbocycles. The van der Waals surface area contributed by atoms with Gasteiger partial charge in [0.25, 0.3) is 11.5 Å². The molecule has 3 rings (SSSR count). The van der Waals surface area contributed by atoms with Crippen molar-refractivity contribution in [1.29, 1.82) is 0 Å². The number of hydrogen-bond donors (Lipinski definition) is 3. The SMILES string of the molecule is O=C(NCC1(O)CCOC1)c1n[nH]c(=O)c2ccccc12. The molecule has 0 radical (unpaired) electrons. The van der Waals surface area contributed by atoms with Crippen LogP contribution in [-0.2, 0) is 4.74 Å². The molecule has 1 atom stereocenters. The highest BCUT2D eigenvalue weighted by Crippen LogP contribution is 2.17. The Morgan fingerprint density at radius 1 is 1.43 bits per heavy atom. The molecule has 0 spiro atoms. The van der Waals surface area contributed by atoms with Crippen LogP contribution >= 0.6 is 0 Å². The summed E-state index contributed by atoms with van der Waals surface area (Å²) in [5, 5.41) is 19.8. The number of nitrogens with zero attached hydrogens (tertiary/aromatic N) is 1. The Kier molecular flexibility index (Phi) is 3.44. The number of aromatic amines is 1. The number of aromatic nitrogens is 2. The number of aliphatic hydroxyl groups is 1. The lowest BCUT2D eigenvalue weighted by Gasteiger charge is -2.20. The quantitative estimate of drug-likeness (QED) is 0.726. The average molecular weight is 289 g/mol. The Labute approximate surface area is 119 Å². The monoisotopic (exact) mass is 289 g/mol. The van der Waals surface area contributed by atoms with Crippen LogP contribution in [0, 0.1) is 0 Å². The molecule has 1 aromatic carbocycles. The first kappa shape index (κ1) is 13.7. The first-order valence-corrected chi connectivity index (χ1v) is 6.65. The second-order valence-corrected chi connectivity index (χ2v) is 5.16. The lowest BCUT2D eigenvalue weighted by molar-refractivity contribution is 0.0264. The zero-order valence-electron chi connectivity index (χ0n) is 11.3. The summed E-state index contributed by atoms with van der Waals surface area (Å²) in [5.41, 5.74) is -1.24. The number of amides is 1. The van der Waals surface area contributed by atoms with Crippen molar-refractivity contribution in [2.24, 2.45) is 0 Å². The van der Waals surface area contributed by atoms with Gasteiger partial charge >= 0.3 is 0 Å². The minimum Gasteiger partial charge on any atom is -0.386 e. The number of nitrogens with one attached hydrogen (secondary N) is 2. The fraction of sp³-hybridized carbons (Fsp3) is 0.357. The fourth-order valence-corrected chi connectivity index (χ4v) is 2.35. The van der Waals surface area contributed by atoms with Crippen LogP contribution in [0.2, 0.25) is 0 Å². The molecular weight excluding hydrogens is 274 g/mol. The largest absolute Gasteiger partial charge is 0.386 e. The van der Waals surface area contributed by atoms with Crippen LogP contribution in [-0.4, -0.2) is 46.6 Å². The number of ether oxygens (including phenoxy) is 1. The Morgan fingerprint density at radius 3 is 2.90 bits per heavy atom. The smallest absolute Gasteiger partial charge is 0.272 e. The summed E-state index contributed by atoms with van der Waals surface area (Å²) in [5.74, 6) is -0.442. The summed E-state index contributed by atoms with van der Waals surface area (Å²) in [4.78, 5) is 23.9. The molecule has 0 aliphatic carbocycles. The van der Waals surface area contributed by atoms with Crippen molar-refractivity contribution < 1.29 is 14.6 Å². The van der Waals surface area contributed by atoms with Crippen molar-refractivity contribution in [1.82, 2.24) is 15.5 Å². The summed E-state index contributed by atoms with van der Waals surface area (Å²) in [7, 11) is 0. The van der Waals surface area contributed by atoms with E-state index in [0.29, 0.717) is 23.8 Å². The van der Waals surface area contributed by atoms with Gasteiger partial charge in [-0.05, 0) is 6.07 Å². The van der Waals surface area contributed by atoms with Crippen LogP contribution in [0.25, 0.3) is 10.8 Å².